The number of carboxylic acid groups (broad SMARTS) is 2. The van der Waals surface area contributed by atoms with Gasteiger partial charge in [-0.15, -0.1) is 0 Å². The summed E-state index contributed by atoms with van der Waals surface area (Å²) in [7, 11) is 0. The Morgan fingerprint density at radius 3 is 2.50 bits per heavy atom. The van der Waals surface area contributed by atoms with Crippen molar-refractivity contribution in [1.29, 1.82) is 0 Å². The summed E-state index contributed by atoms with van der Waals surface area (Å²) < 4.78 is 5.46. The molecule has 3 N–H and O–H groups in total. The Kier molecular flexibility index (Phi) is 3.74. The summed E-state index contributed by atoms with van der Waals surface area (Å²) in [4.78, 5) is 21.5. The van der Waals surface area contributed by atoms with Gasteiger partial charge in [-0.3, -0.25) is 0 Å². The van der Waals surface area contributed by atoms with E-state index >= 15 is 0 Å². The molecule has 1 saturated heterocycles. The van der Waals surface area contributed by atoms with Crippen molar-refractivity contribution in [1.82, 2.24) is 5.32 Å². The average Bonchev–Trinajstić information content (AvgIpc) is 2.11. The first-order chi connectivity index (χ1) is 7.32. The second kappa shape index (κ2) is 4.69. The first-order valence-corrected chi connectivity index (χ1v) is 5.18. The molecule has 0 saturated carbocycles. The van der Waals surface area contributed by atoms with Crippen molar-refractivity contribution in [2.24, 2.45) is 5.92 Å². The fourth-order valence-corrected chi connectivity index (χ4v) is 2.08. The maximum Gasteiger partial charge on any atom is 0.405 e. The summed E-state index contributed by atoms with van der Waals surface area (Å²) in [6.45, 7) is 4.21. The van der Waals surface area contributed by atoms with Gasteiger partial charge in [-0.05, 0) is 32.6 Å². The molecule has 1 fully saturated rings. The zero-order chi connectivity index (χ0) is 12.3. The standard InChI is InChI=1S/C10H17NO5/c1-10(2)5-6(3-4-16-10)7(8(12)13)11-9(14)15/h6-7,11H,3-5H2,1-2H3,(H,12,13)(H,14,15). The molecule has 1 rings (SSSR count). The van der Waals surface area contributed by atoms with E-state index in [0.717, 1.165) is 0 Å². The molecule has 16 heavy (non-hydrogen) atoms. The van der Waals surface area contributed by atoms with Crippen LogP contribution in [0, 0.1) is 5.92 Å². The highest BCUT2D eigenvalue weighted by Crippen LogP contribution is 2.30. The summed E-state index contributed by atoms with van der Waals surface area (Å²) >= 11 is 0. The Morgan fingerprint density at radius 1 is 1.44 bits per heavy atom. The Morgan fingerprint density at radius 2 is 2.06 bits per heavy atom. The van der Waals surface area contributed by atoms with Gasteiger partial charge in [-0.2, -0.15) is 0 Å². The van der Waals surface area contributed by atoms with Crippen LogP contribution < -0.4 is 5.32 Å². The summed E-state index contributed by atoms with van der Waals surface area (Å²) in [5, 5.41) is 19.6. The van der Waals surface area contributed by atoms with E-state index in [1.165, 1.54) is 0 Å². The third kappa shape index (κ3) is 3.37. The largest absolute Gasteiger partial charge is 0.480 e. The van der Waals surface area contributed by atoms with Crippen LogP contribution in [0.3, 0.4) is 0 Å². The number of aliphatic carboxylic acids is 1. The van der Waals surface area contributed by atoms with E-state index in [1.807, 2.05) is 19.2 Å². The fourth-order valence-electron chi connectivity index (χ4n) is 2.08. The van der Waals surface area contributed by atoms with Gasteiger partial charge >= 0.3 is 12.1 Å². The van der Waals surface area contributed by atoms with E-state index in [0.29, 0.717) is 19.4 Å². The number of hydrogen-bond acceptors (Lipinski definition) is 3. The molecule has 2 atom stereocenters. The second-order valence-electron chi connectivity index (χ2n) is 4.63. The first-order valence-electron chi connectivity index (χ1n) is 5.18. The smallest absolute Gasteiger partial charge is 0.405 e. The molecular formula is C10H17NO5. The SMILES string of the molecule is CC1(C)CC(C(NC(=O)O)C(=O)O)CCO1. The van der Waals surface area contributed by atoms with Crippen molar-refractivity contribution < 1.29 is 24.5 Å². The Bertz CT molecular complexity index is 289. The number of carbonyl (C=O) groups is 2. The van der Waals surface area contributed by atoms with Crippen molar-refractivity contribution >= 4 is 12.1 Å². The van der Waals surface area contributed by atoms with Gasteiger partial charge in [0.05, 0.1) is 5.60 Å². The predicted octanol–water partition coefficient (Wildman–Crippen LogP) is 0.912. The van der Waals surface area contributed by atoms with Gasteiger partial charge in [-0.25, -0.2) is 9.59 Å². The summed E-state index contributed by atoms with van der Waals surface area (Å²) in [5.74, 6) is -1.36. The topological polar surface area (TPSA) is 95.9 Å². The Balaban J connectivity index is 2.70. The Hall–Kier alpha value is -1.30. The molecule has 1 aliphatic heterocycles. The zero-order valence-electron chi connectivity index (χ0n) is 9.40. The molecule has 0 aromatic carbocycles. The molecule has 0 spiro atoms. The van der Waals surface area contributed by atoms with Gasteiger partial charge in [0.2, 0.25) is 0 Å². The van der Waals surface area contributed by atoms with Crippen LogP contribution in [0.25, 0.3) is 0 Å². The summed E-state index contributed by atoms with van der Waals surface area (Å²) in [6.07, 6.45) is -0.220. The van der Waals surface area contributed by atoms with Crippen LogP contribution in [0.4, 0.5) is 4.79 Å². The molecule has 0 aromatic heterocycles. The maximum atomic E-state index is 11.0. The minimum Gasteiger partial charge on any atom is -0.480 e. The number of carboxylic acids is 1. The lowest BCUT2D eigenvalue weighted by Crippen LogP contribution is -2.49. The van der Waals surface area contributed by atoms with Crippen LogP contribution in [-0.2, 0) is 9.53 Å². The molecule has 0 bridgehead atoms. The minimum absolute atomic E-state index is 0.225. The molecule has 1 amide bonds. The van der Waals surface area contributed by atoms with Crippen LogP contribution in [0.1, 0.15) is 26.7 Å². The molecule has 6 heteroatoms. The van der Waals surface area contributed by atoms with Crippen molar-refractivity contribution in [3.8, 4) is 0 Å². The molecule has 1 heterocycles. The highest BCUT2D eigenvalue weighted by Gasteiger charge is 2.37. The maximum absolute atomic E-state index is 11.0. The van der Waals surface area contributed by atoms with Crippen LogP contribution >= 0.6 is 0 Å². The second-order valence-corrected chi connectivity index (χ2v) is 4.63. The number of amides is 1. The molecule has 92 valence electrons. The van der Waals surface area contributed by atoms with E-state index in [4.69, 9.17) is 14.9 Å². The van der Waals surface area contributed by atoms with Crippen LogP contribution in [0.15, 0.2) is 0 Å². The van der Waals surface area contributed by atoms with Gasteiger partial charge in [0.1, 0.15) is 6.04 Å². The van der Waals surface area contributed by atoms with Gasteiger partial charge in [-0.1, -0.05) is 0 Å². The predicted molar refractivity (Wildman–Crippen MR) is 55.3 cm³/mol. The van der Waals surface area contributed by atoms with Crippen molar-refractivity contribution in [2.75, 3.05) is 6.61 Å². The molecule has 2 unspecified atom stereocenters. The van der Waals surface area contributed by atoms with Gasteiger partial charge < -0.3 is 20.3 Å². The normalized spacial score (nSPS) is 25.8. The summed E-state index contributed by atoms with van der Waals surface area (Å²) in [5.41, 5.74) is -0.392. The number of ether oxygens (including phenoxy) is 1. The van der Waals surface area contributed by atoms with Gasteiger partial charge in [0, 0.05) is 6.61 Å². The monoisotopic (exact) mass is 231 g/mol. The van der Waals surface area contributed by atoms with E-state index in [1.54, 1.807) is 0 Å². The van der Waals surface area contributed by atoms with E-state index in [-0.39, 0.29) is 5.92 Å². The van der Waals surface area contributed by atoms with Crippen molar-refractivity contribution in [3.05, 3.63) is 0 Å². The Labute approximate surface area is 93.6 Å². The highest BCUT2D eigenvalue weighted by molar-refractivity contribution is 5.79. The molecular weight excluding hydrogens is 214 g/mol. The highest BCUT2D eigenvalue weighted by atomic mass is 16.5. The van der Waals surface area contributed by atoms with Gasteiger partial charge in [0.25, 0.3) is 0 Å². The summed E-state index contributed by atoms with van der Waals surface area (Å²) in [6, 6.07) is -1.05. The fraction of sp³-hybridized carbons (Fsp3) is 0.800. The number of nitrogens with one attached hydrogen (secondary N) is 1. The van der Waals surface area contributed by atoms with Crippen LogP contribution in [0.2, 0.25) is 0 Å². The zero-order valence-corrected chi connectivity index (χ0v) is 9.40. The van der Waals surface area contributed by atoms with Crippen molar-refractivity contribution in [3.63, 3.8) is 0 Å². The van der Waals surface area contributed by atoms with E-state index in [2.05, 4.69) is 0 Å². The van der Waals surface area contributed by atoms with E-state index in [9.17, 15) is 9.59 Å². The number of rotatable bonds is 3. The molecule has 0 radical (unpaired) electrons. The lowest BCUT2D eigenvalue weighted by atomic mass is 9.83. The average molecular weight is 231 g/mol. The van der Waals surface area contributed by atoms with Crippen molar-refractivity contribution in [2.45, 2.75) is 38.3 Å². The lowest BCUT2D eigenvalue weighted by molar-refractivity contribution is -0.144. The molecule has 1 aliphatic rings. The van der Waals surface area contributed by atoms with Gasteiger partial charge in [0.15, 0.2) is 0 Å². The quantitative estimate of drug-likeness (QED) is 0.671. The van der Waals surface area contributed by atoms with Crippen LogP contribution in [-0.4, -0.2) is 40.5 Å². The van der Waals surface area contributed by atoms with Crippen LogP contribution in [0.5, 0.6) is 0 Å². The number of hydrogen-bond donors (Lipinski definition) is 3. The molecule has 6 nitrogen and oxygen atoms in total. The minimum atomic E-state index is -1.31. The third-order valence-corrected chi connectivity index (χ3v) is 2.75. The molecule has 0 aromatic rings. The molecule has 0 aliphatic carbocycles. The van der Waals surface area contributed by atoms with E-state index < -0.39 is 23.7 Å². The third-order valence-electron chi connectivity index (χ3n) is 2.75. The first kappa shape index (κ1) is 12.8. The lowest BCUT2D eigenvalue weighted by Gasteiger charge is -2.37.